The lowest BCUT2D eigenvalue weighted by molar-refractivity contribution is 0.0701. The van der Waals surface area contributed by atoms with Crippen LogP contribution in [0, 0.1) is 0 Å². The van der Waals surface area contributed by atoms with E-state index in [0.717, 1.165) is 18.5 Å². The van der Waals surface area contributed by atoms with Crippen LogP contribution in [0.1, 0.15) is 29.5 Å². The van der Waals surface area contributed by atoms with E-state index in [0.29, 0.717) is 24.6 Å². The van der Waals surface area contributed by atoms with Crippen molar-refractivity contribution in [2.45, 2.75) is 25.8 Å². The second-order valence-corrected chi connectivity index (χ2v) is 4.62. The van der Waals surface area contributed by atoms with E-state index in [1.54, 1.807) is 23.7 Å². The van der Waals surface area contributed by atoms with E-state index in [2.05, 4.69) is 5.10 Å². The molecule has 6 heteroatoms. The largest absolute Gasteiger partial charge is 0.395 e. The highest BCUT2D eigenvalue weighted by Gasteiger charge is 2.28. The minimum Gasteiger partial charge on any atom is -0.395 e. The third-order valence-electron chi connectivity index (χ3n) is 3.47. The zero-order valence-electron chi connectivity index (χ0n) is 11.1. The van der Waals surface area contributed by atoms with Crippen molar-refractivity contribution in [3.8, 4) is 0 Å². The van der Waals surface area contributed by atoms with E-state index in [-0.39, 0.29) is 11.9 Å². The third-order valence-corrected chi connectivity index (χ3v) is 3.47. The van der Waals surface area contributed by atoms with E-state index < -0.39 is 0 Å². The number of hydrogen-bond acceptors (Lipinski definition) is 4. The Kier molecular flexibility index (Phi) is 3.56. The maximum absolute atomic E-state index is 12.4. The van der Waals surface area contributed by atoms with Crippen molar-refractivity contribution < 1.29 is 9.53 Å². The molecule has 0 saturated carbocycles. The highest BCUT2D eigenvalue weighted by molar-refractivity contribution is 5.98. The number of amides is 1. The molecule has 0 spiro atoms. The summed E-state index contributed by atoms with van der Waals surface area (Å²) in [5.41, 5.74) is 7.73. The molecule has 2 rings (SSSR count). The van der Waals surface area contributed by atoms with E-state index in [1.807, 2.05) is 6.92 Å². The van der Waals surface area contributed by atoms with E-state index >= 15 is 0 Å². The second kappa shape index (κ2) is 4.97. The Balaban J connectivity index is 2.25. The van der Waals surface area contributed by atoms with Crippen molar-refractivity contribution in [3.63, 3.8) is 0 Å². The average Bonchev–Trinajstić information content (AvgIpc) is 2.96. The molecule has 0 bridgehead atoms. The molecule has 0 aromatic carbocycles. The van der Waals surface area contributed by atoms with Gasteiger partial charge in [0.05, 0.1) is 24.0 Å². The topological polar surface area (TPSA) is 73.4 Å². The summed E-state index contributed by atoms with van der Waals surface area (Å²) in [6.45, 7) is 3.28. The highest BCUT2D eigenvalue weighted by Crippen LogP contribution is 2.21. The molecule has 1 aliphatic rings. The van der Waals surface area contributed by atoms with Crippen LogP contribution < -0.4 is 5.73 Å². The minimum absolute atomic E-state index is 0.0855. The van der Waals surface area contributed by atoms with Crippen LogP contribution >= 0.6 is 0 Å². The Labute approximate surface area is 107 Å². The summed E-state index contributed by atoms with van der Waals surface area (Å²) in [5, 5.41) is 4.27. The van der Waals surface area contributed by atoms with Gasteiger partial charge in [0, 0.05) is 20.7 Å². The van der Waals surface area contributed by atoms with Crippen LogP contribution in [-0.2, 0) is 18.2 Å². The third kappa shape index (κ3) is 2.08. The Morgan fingerprint density at radius 2 is 2.39 bits per heavy atom. The van der Waals surface area contributed by atoms with Gasteiger partial charge in [-0.1, -0.05) is 6.92 Å². The number of aromatic nitrogens is 2. The molecular formula is C12H20N4O2. The van der Waals surface area contributed by atoms with Gasteiger partial charge < -0.3 is 15.4 Å². The average molecular weight is 252 g/mol. The number of ether oxygens (including phenoxy) is 1. The van der Waals surface area contributed by atoms with Gasteiger partial charge in [0.25, 0.3) is 5.91 Å². The molecule has 1 aromatic rings. The minimum atomic E-state index is -0.0855. The van der Waals surface area contributed by atoms with Crippen molar-refractivity contribution in [1.82, 2.24) is 14.7 Å². The molecule has 2 N–H and O–H groups in total. The van der Waals surface area contributed by atoms with Crippen LogP contribution in [0.2, 0.25) is 0 Å². The summed E-state index contributed by atoms with van der Waals surface area (Å²) >= 11 is 0. The molecule has 6 nitrogen and oxygen atoms in total. The van der Waals surface area contributed by atoms with E-state index in [1.165, 1.54) is 0 Å². The number of aryl methyl sites for hydroxylation is 2. The number of likely N-dealkylation sites (N-methyl/N-ethyl adjacent to an activating group) is 1. The maximum Gasteiger partial charge on any atom is 0.274 e. The monoisotopic (exact) mass is 252 g/mol. The van der Waals surface area contributed by atoms with Crippen molar-refractivity contribution >= 4 is 11.6 Å². The molecule has 100 valence electrons. The zero-order valence-corrected chi connectivity index (χ0v) is 11.1. The summed E-state index contributed by atoms with van der Waals surface area (Å²) in [6, 6.07) is 0.136. The smallest absolute Gasteiger partial charge is 0.274 e. The van der Waals surface area contributed by atoms with Crippen molar-refractivity contribution in [2.24, 2.45) is 7.05 Å². The highest BCUT2D eigenvalue weighted by atomic mass is 16.5. The van der Waals surface area contributed by atoms with Crippen LogP contribution in [0.25, 0.3) is 0 Å². The second-order valence-electron chi connectivity index (χ2n) is 4.62. The molecule has 0 aliphatic carbocycles. The lowest BCUT2D eigenvalue weighted by atomic mass is 10.2. The van der Waals surface area contributed by atoms with Gasteiger partial charge in [-0.15, -0.1) is 0 Å². The van der Waals surface area contributed by atoms with Gasteiger partial charge in [-0.05, 0) is 12.8 Å². The molecule has 18 heavy (non-hydrogen) atoms. The first-order valence-corrected chi connectivity index (χ1v) is 6.22. The molecule has 0 radical (unpaired) electrons. The number of anilines is 1. The van der Waals surface area contributed by atoms with Gasteiger partial charge in [0.2, 0.25) is 0 Å². The first-order valence-electron chi connectivity index (χ1n) is 6.22. The number of hydrogen-bond donors (Lipinski definition) is 1. The Morgan fingerprint density at radius 3 is 2.89 bits per heavy atom. The van der Waals surface area contributed by atoms with Crippen LogP contribution in [0.4, 0.5) is 5.69 Å². The zero-order chi connectivity index (χ0) is 13.3. The molecule has 2 heterocycles. The van der Waals surface area contributed by atoms with Crippen LogP contribution in [-0.4, -0.2) is 46.9 Å². The van der Waals surface area contributed by atoms with Gasteiger partial charge in [0.15, 0.2) is 0 Å². The van der Waals surface area contributed by atoms with E-state index in [4.69, 9.17) is 10.5 Å². The molecule has 1 unspecified atom stereocenters. The summed E-state index contributed by atoms with van der Waals surface area (Å²) < 4.78 is 6.88. The first-order chi connectivity index (χ1) is 8.56. The molecular weight excluding hydrogens is 232 g/mol. The fourth-order valence-corrected chi connectivity index (χ4v) is 2.27. The summed E-state index contributed by atoms with van der Waals surface area (Å²) in [7, 11) is 3.54. The Morgan fingerprint density at radius 1 is 1.67 bits per heavy atom. The molecule has 1 aliphatic heterocycles. The standard InChI is InChI=1S/C12H20N4O2/c1-4-9-10(13)11(16(3)14-9)12(17)15(2)8-5-6-18-7-8/h8H,4-7,13H2,1-3H3. The SMILES string of the molecule is CCc1nn(C)c(C(=O)N(C)C2CCOC2)c1N. The first kappa shape index (κ1) is 12.9. The number of nitrogens with two attached hydrogens (primary N) is 1. The van der Waals surface area contributed by atoms with Gasteiger partial charge in [-0.25, -0.2) is 0 Å². The van der Waals surface area contributed by atoms with Crippen LogP contribution in [0.5, 0.6) is 0 Å². The summed E-state index contributed by atoms with van der Waals surface area (Å²) in [5.74, 6) is -0.0855. The fourth-order valence-electron chi connectivity index (χ4n) is 2.27. The lowest BCUT2D eigenvalue weighted by Crippen LogP contribution is -2.38. The van der Waals surface area contributed by atoms with Gasteiger partial charge in [-0.3, -0.25) is 9.48 Å². The maximum atomic E-state index is 12.4. The van der Waals surface area contributed by atoms with E-state index in [9.17, 15) is 4.79 Å². The molecule has 1 saturated heterocycles. The Bertz CT molecular complexity index is 449. The van der Waals surface area contributed by atoms with Crippen molar-refractivity contribution in [2.75, 3.05) is 26.0 Å². The van der Waals surface area contributed by atoms with Crippen LogP contribution in [0.15, 0.2) is 0 Å². The van der Waals surface area contributed by atoms with Gasteiger partial charge >= 0.3 is 0 Å². The van der Waals surface area contributed by atoms with Gasteiger partial charge in [-0.2, -0.15) is 5.10 Å². The number of carbonyl (C=O) groups is 1. The number of nitrogen functional groups attached to an aromatic ring is 1. The summed E-state index contributed by atoms with van der Waals surface area (Å²) in [4.78, 5) is 14.1. The summed E-state index contributed by atoms with van der Waals surface area (Å²) in [6.07, 6.45) is 1.60. The molecule has 1 atom stereocenters. The van der Waals surface area contributed by atoms with Crippen molar-refractivity contribution in [1.29, 1.82) is 0 Å². The molecule has 1 amide bonds. The van der Waals surface area contributed by atoms with Crippen LogP contribution in [0.3, 0.4) is 0 Å². The predicted octanol–water partition coefficient (Wildman–Crippen LogP) is 0.426. The van der Waals surface area contributed by atoms with Gasteiger partial charge in [0.1, 0.15) is 5.69 Å². The normalized spacial score (nSPS) is 19.2. The molecule has 1 fully saturated rings. The fraction of sp³-hybridized carbons (Fsp3) is 0.667. The number of rotatable bonds is 3. The number of carbonyl (C=O) groups excluding carboxylic acids is 1. The lowest BCUT2D eigenvalue weighted by Gasteiger charge is -2.23. The quantitative estimate of drug-likeness (QED) is 0.846. The molecule has 1 aromatic heterocycles. The Hall–Kier alpha value is -1.56. The van der Waals surface area contributed by atoms with Crippen molar-refractivity contribution in [3.05, 3.63) is 11.4 Å². The predicted molar refractivity (Wildman–Crippen MR) is 68.3 cm³/mol. The number of nitrogens with zero attached hydrogens (tertiary/aromatic N) is 3.